The van der Waals surface area contributed by atoms with Gasteiger partial charge in [0.25, 0.3) is 0 Å². The van der Waals surface area contributed by atoms with Crippen LogP contribution >= 0.6 is 0 Å². The Morgan fingerprint density at radius 1 is 1.29 bits per heavy atom. The van der Waals surface area contributed by atoms with Crippen LogP contribution in [-0.2, 0) is 11.3 Å². The van der Waals surface area contributed by atoms with Crippen molar-refractivity contribution in [3.63, 3.8) is 0 Å². The van der Waals surface area contributed by atoms with E-state index < -0.39 is 5.97 Å². The molecule has 4 rings (SSSR count). The molecule has 0 spiro atoms. The Morgan fingerprint density at radius 2 is 2.14 bits per heavy atom. The molecule has 108 valence electrons. The molecule has 2 fully saturated rings. The Morgan fingerprint density at radius 3 is 2.95 bits per heavy atom. The van der Waals surface area contributed by atoms with Gasteiger partial charge in [-0.3, -0.25) is 14.7 Å². The zero-order chi connectivity index (χ0) is 14.4. The lowest BCUT2D eigenvalue weighted by molar-refractivity contribution is -0.142. The number of aromatic nitrogens is 1. The topological polar surface area (TPSA) is 53.4 Å². The van der Waals surface area contributed by atoms with Crippen molar-refractivity contribution in [3.05, 3.63) is 42.1 Å². The summed E-state index contributed by atoms with van der Waals surface area (Å²) in [7, 11) is 0. The normalized spacial score (nSPS) is 28.3. The van der Waals surface area contributed by atoms with Gasteiger partial charge in [-0.1, -0.05) is 18.2 Å². The summed E-state index contributed by atoms with van der Waals surface area (Å²) in [4.78, 5) is 18.2. The summed E-state index contributed by atoms with van der Waals surface area (Å²) < 4.78 is 0. The summed E-state index contributed by atoms with van der Waals surface area (Å²) in [5.41, 5.74) is 2.26. The maximum atomic E-state index is 11.4. The average molecular weight is 282 g/mol. The molecule has 0 aliphatic carbocycles. The molecule has 0 saturated carbocycles. The number of carbonyl (C=O) groups is 1. The van der Waals surface area contributed by atoms with Crippen LogP contribution in [0, 0.1) is 5.92 Å². The molecule has 2 aliphatic rings. The average Bonchev–Trinajstić information content (AvgIpc) is 3.05. The van der Waals surface area contributed by atoms with E-state index in [0.717, 1.165) is 31.3 Å². The molecule has 1 aromatic heterocycles. The maximum absolute atomic E-state index is 11.4. The quantitative estimate of drug-likeness (QED) is 0.940. The van der Waals surface area contributed by atoms with Gasteiger partial charge in [0.2, 0.25) is 0 Å². The molecule has 1 N–H and O–H groups in total. The third-order valence-electron chi connectivity index (χ3n) is 5.09. The van der Waals surface area contributed by atoms with Gasteiger partial charge in [-0.05, 0) is 37.0 Å². The third kappa shape index (κ3) is 2.02. The van der Waals surface area contributed by atoms with E-state index >= 15 is 0 Å². The smallest absolute Gasteiger partial charge is 0.308 e. The fourth-order valence-electron chi connectivity index (χ4n) is 4.10. The van der Waals surface area contributed by atoms with Crippen LogP contribution in [0.15, 0.2) is 36.5 Å². The minimum absolute atomic E-state index is 0.183. The monoisotopic (exact) mass is 282 g/mol. The first-order chi connectivity index (χ1) is 10.2. The molecular weight excluding hydrogens is 264 g/mol. The first-order valence-electron chi connectivity index (χ1n) is 7.55. The molecule has 0 radical (unpaired) electrons. The van der Waals surface area contributed by atoms with Gasteiger partial charge in [0.1, 0.15) is 0 Å². The van der Waals surface area contributed by atoms with E-state index in [1.165, 1.54) is 10.9 Å². The lowest BCUT2D eigenvalue weighted by atomic mass is 9.89. The standard InChI is InChI=1S/C17H18N2O2/c20-17(21)14-9-12-5-6-16(14)19(12)10-11-7-8-18-15-4-2-1-3-13(11)15/h1-4,7-8,12,14,16H,5-6,9-10H2,(H,20,21). The number of carboxylic acids is 1. The second kappa shape index (κ2) is 4.81. The van der Waals surface area contributed by atoms with Crippen LogP contribution in [0.1, 0.15) is 24.8 Å². The summed E-state index contributed by atoms with van der Waals surface area (Å²) in [5, 5.41) is 10.5. The molecular formula is C17H18N2O2. The first kappa shape index (κ1) is 12.8. The largest absolute Gasteiger partial charge is 0.481 e. The molecule has 2 aliphatic heterocycles. The second-order valence-corrected chi connectivity index (χ2v) is 6.14. The number of para-hydroxylation sites is 1. The van der Waals surface area contributed by atoms with E-state index in [-0.39, 0.29) is 12.0 Å². The Hall–Kier alpha value is -1.94. The van der Waals surface area contributed by atoms with Crippen LogP contribution in [-0.4, -0.2) is 33.0 Å². The summed E-state index contributed by atoms with van der Waals surface area (Å²) >= 11 is 0. The number of benzene rings is 1. The predicted molar refractivity (Wildman–Crippen MR) is 79.8 cm³/mol. The summed E-state index contributed by atoms with van der Waals surface area (Å²) in [6.07, 6.45) is 4.81. The molecule has 3 heterocycles. The second-order valence-electron chi connectivity index (χ2n) is 6.14. The molecule has 3 unspecified atom stereocenters. The van der Waals surface area contributed by atoms with Crippen LogP contribution in [0.3, 0.4) is 0 Å². The van der Waals surface area contributed by atoms with Crippen LogP contribution in [0.5, 0.6) is 0 Å². The molecule has 3 atom stereocenters. The Bertz CT molecular complexity index is 695. The molecule has 21 heavy (non-hydrogen) atoms. The van der Waals surface area contributed by atoms with E-state index in [9.17, 15) is 9.90 Å². The van der Waals surface area contributed by atoms with Crippen molar-refractivity contribution in [2.45, 2.75) is 37.9 Å². The van der Waals surface area contributed by atoms with Crippen molar-refractivity contribution in [1.29, 1.82) is 0 Å². The van der Waals surface area contributed by atoms with Gasteiger partial charge in [-0.2, -0.15) is 0 Å². The molecule has 1 aromatic carbocycles. The fourth-order valence-corrected chi connectivity index (χ4v) is 4.10. The van der Waals surface area contributed by atoms with Crippen LogP contribution < -0.4 is 0 Å². The van der Waals surface area contributed by atoms with Crippen LogP contribution in [0.25, 0.3) is 10.9 Å². The molecule has 2 bridgehead atoms. The number of aliphatic carboxylic acids is 1. The van der Waals surface area contributed by atoms with Gasteiger partial charge < -0.3 is 5.11 Å². The van der Waals surface area contributed by atoms with Crippen molar-refractivity contribution in [1.82, 2.24) is 9.88 Å². The minimum atomic E-state index is -0.633. The number of fused-ring (bicyclic) bond motifs is 3. The highest BCUT2D eigenvalue weighted by molar-refractivity contribution is 5.81. The van der Waals surface area contributed by atoms with Crippen molar-refractivity contribution >= 4 is 16.9 Å². The van der Waals surface area contributed by atoms with Crippen LogP contribution in [0.2, 0.25) is 0 Å². The van der Waals surface area contributed by atoms with Crippen molar-refractivity contribution < 1.29 is 9.90 Å². The van der Waals surface area contributed by atoms with E-state index in [1.54, 1.807) is 0 Å². The zero-order valence-corrected chi connectivity index (χ0v) is 11.8. The summed E-state index contributed by atoms with van der Waals surface area (Å²) in [6.45, 7) is 0.835. The Labute approximate surface area is 123 Å². The first-order valence-corrected chi connectivity index (χ1v) is 7.55. The van der Waals surface area contributed by atoms with Crippen molar-refractivity contribution in [2.75, 3.05) is 0 Å². The molecule has 2 aromatic rings. The lowest BCUT2D eigenvalue weighted by Gasteiger charge is -2.23. The Balaban J connectivity index is 1.65. The molecule has 4 heteroatoms. The predicted octanol–water partition coefficient (Wildman–Crippen LogP) is 2.67. The highest BCUT2D eigenvalue weighted by atomic mass is 16.4. The zero-order valence-electron chi connectivity index (χ0n) is 11.8. The molecule has 0 amide bonds. The third-order valence-corrected chi connectivity index (χ3v) is 5.09. The van der Waals surface area contributed by atoms with E-state index in [2.05, 4.69) is 22.0 Å². The van der Waals surface area contributed by atoms with E-state index in [4.69, 9.17) is 0 Å². The van der Waals surface area contributed by atoms with Crippen molar-refractivity contribution in [2.24, 2.45) is 5.92 Å². The number of hydrogen-bond acceptors (Lipinski definition) is 3. The summed E-state index contributed by atoms with van der Waals surface area (Å²) in [5.74, 6) is -0.816. The van der Waals surface area contributed by atoms with Gasteiger partial charge in [-0.25, -0.2) is 0 Å². The maximum Gasteiger partial charge on any atom is 0.308 e. The number of hydrogen-bond donors (Lipinski definition) is 1. The van der Waals surface area contributed by atoms with Gasteiger partial charge in [0, 0.05) is 30.2 Å². The minimum Gasteiger partial charge on any atom is -0.481 e. The number of carboxylic acid groups (broad SMARTS) is 1. The molecule has 4 nitrogen and oxygen atoms in total. The number of pyridine rings is 1. The van der Waals surface area contributed by atoms with Gasteiger partial charge in [0.15, 0.2) is 0 Å². The van der Waals surface area contributed by atoms with E-state index in [0.29, 0.717) is 6.04 Å². The van der Waals surface area contributed by atoms with Crippen molar-refractivity contribution in [3.8, 4) is 0 Å². The van der Waals surface area contributed by atoms with Gasteiger partial charge >= 0.3 is 5.97 Å². The number of nitrogens with zero attached hydrogens (tertiary/aromatic N) is 2. The molecule has 2 saturated heterocycles. The lowest BCUT2D eigenvalue weighted by Crippen LogP contribution is -2.32. The summed E-state index contributed by atoms with van der Waals surface area (Å²) in [6, 6.07) is 10.9. The highest BCUT2D eigenvalue weighted by Gasteiger charge is 2.49. The van der Waals surface area contributed by atoms with E-state index in [1.807, 2.05) is 24.4 Å². The van der Waals surface area contributed by atoms with Gasteiger partial charge in [-0.15, -0.1) is 0 Å². The SMILES string of the molecule is O=C(O)C1CC2CCC1N2Cc1ccnc2ccccc12. The fraction of sp³-hybridized carbons (Fsp3) is 0.412. The highest BCUT2D eigenvalue weighted by Crippen LogP contribution is 2.42. The Kier molecular flexibility index (Phi) is 2.93. The van der Waals surface area contributed by atoms with Gasteiger partial charge in [0.05, 0.1) is 11.4 Å². The van der Waals surface area contributed by atoms with Crippen LogP contribution in [0.4, 0.5) is 0 Å². The number of rotatable bonds is 3.